The number of hydrogen-bond donors (Lipinski definition) is 1. The average molecular weight is 468 g/mol. The molecule has 0 spiro atoms. The number of carbonyl (C=O) groups is 2. The Morgan fingerprint density at radius 3 is 2.67 bits per heavy atom. The molecule has 2 saturated carbocycles. The third-order valence-corrected chi connectivity index (χ3v) is 6.99. The maximum absolute atomic E-state index is 14.5. The van der Waals surface area contributed by atoms with Crippen molar-refractivity contribution in [2.75, 3.05) is 12.4 Å². The molecule has 0 unspecified atom stereocenters. The summed E-state index contributed by atoms with van der Waals surface area (Å²) in [5.74, 6) is -1.36. The van der Waals surface area contributed by atoms with Gasteiger partial charge in [-0.2, -0.15) is 5.10 Å². The van der Waals surface area contributed by atoms with Gasteiger partial charge in [-0.15, -0.1) is 0 Å². The number of aromatic nitrogens is 2. The Labute approximate surface area is 195 Å². The molecule has 2 aromatic carbocycles. The molecule has 0 saturated heterocycles. The number of benzene rings is 2. The molecule has 3 aromatic rings. The lowest BCUT2D eigenvalue weighted by molar-refractivity contribution is -0.118. The van der Waals surface area contributed by atoms with Crippen LogP contribution >= 0.6 is 11.6 Å². The fraction of sp³-hybridized carbons (Fsp3) is 0.320. The zero-order chi connectivity index (χ0) is 23.2. The quantitative estimate of drug-likeness (QED) is 0.484. The number of ether oxygens (including phenoxy) is 1. The van der Waals surface area contributed by atoms with Gasteiger partial charge in [-0.3, -0.25) is 9.48 Å². The molecule has 0 atom stereocenters. The lowest BCUT2D eigenvalue weighted by Gasteiger charge is -2.25. The van der Waals surface area contributed by atoms with Gasteiger partial charge in [-0.1, -0.05) is 23.7 Å². The average Bonchev–Trinajstić information content (AvgIpc) is 3.43. The van der Waals surface area contributed by atoms with Crippen molar-refractivity contribution >= 4 is 29.2 Å². The summed E-state index contributed by atoms with van der Waals surface area (Å²) in [5.41, 5.74) is 1.43. The van der Waals surface area contributed by atoms with Crippen LogP contribution in [0.25, 0.3) is 11.1 Å². The number of anilines is 1. The van der Waals surface area contributed by atoms with E-state index < -0.39 is 17.2 Å². The first kappa shape index (κ1) is 21.6. The van der Waals surface area contributed by atoms with Crippen molar-refractivity contribution in [3.8, 4) is 11.1 Å². The van der Waals surface area contributed by atoms with Gasteiger partial charge < -0.3 is 10.1 Å². The lowest BCUT2D eigenvalue weighted by Crippen LogP contribution is -2.29. The normalized spacial score (nSPS) is 16.7. The first-order valence-corrected chi connectivity index (χ1v) is 11.3. The standard InChI is InChI=1S/C25H23ClFN3O3/c1-33-23(31)19-12-16(8-9-18(19)15-13-28-30(14-15)17-4-2-5-17)29-24(32)25(10-11-25)22-20(26)6-3-7-21(22)27/h3,6-9,12-14,17H,2,4-5,10-11H2,1H3,(H,29,32). The van der Waals surface area contributed by atoms with E-state index in [0.29, 0.717) is 35.7 Å². The first-order valence-electron chi connectivity index (χ1n) is 11.0. The van der Waals surface area contributed by atoms with E-state index in [-0.39, 0.29) is 16.5 Å². The maximum atomic E-state index is 14.5. The number of amides is 1. The predicted molar refractivity (Wildman–Crippen MR) is 123 cm³/mol. The summed E-state index contributed by atoms with van der Waals surface area (Å²) in [6, 6.07) is 9.88. The molecule has 1 heterocycles. The smallest absolute Gasteiger partial charge is 0.338 e. The molecule has 1 amide bonds. The summed E-state index contributed by atoms with van der Waals surface area (Å²) in [7, 11) is 1.31. The summed E-state index contributed by atoms with van der Waals surface area (Å²) in [6.07, 6.45) is 8.07. The molecule has 2 aliphatic carbocycles. The Balaban J connectivity index is 1.44. The molecule has 1 aromatic heterocycles. The second kappa shape index (κ2) is 8.30. The van der Waals surface area contributed by atoms with Crippen molar-refractivity contribution in [1.82, 2.24) is 9.78 Å². The molecule has 5 rings (SSSR count). The monoisotopic (exact) mass is 467 g/mol. The predicted octanol–water partition coefficient (Wildman–Crippen LogP) is 5.52. The van der Waals surface area contributed by atoms with Crippen LogP contribution in [-0.4, -0.2) is 28.8 Å². The van der Waals surface area contributed by atoms with E-state index in [2.05, 4.69) is 10.4 Å². The van der Waals surface area contributed by atoms with Crippen molar-refractivity contribution in [2.45, 2.75) is 43.6 Å². The van der Waals surface area contributed by atoms with Crippen LogP contribution in [0.4, 0.5) is 10.1 Å². The van der Waals surface area contributed by atoms with E-state index in [1.807, 2.05) is 10.9 Å². The number of nitrogens with one attached hydrogen (secondary N) is 1. The summed E-state index contributed by atoms with van der Waals surface area (Å²) < 4.78 is 21.4. The molecule has 2 fully saturated rings. The van der Waals surface area contributed by atoms with Crippen molar-refractivity contribution in [1.29, 1.82) is 0 Å². The van der Waals surface area contributed by atoms with Crippen LogP contribution in [-0.2, 0) is 14.9 Å². The lowest BCUT2D eigenvalue weighted by atomic mass is 9.93. The van der Waals surface area contributed by atoms with Crippen LogP contribution in [0.3, 0.4) is 0 Å². The zero-order valence-electron chi connectivity index (χ0n) is 18.1. The van der Waals surface area contributed by atoms with Crippen LogP contribution < -0.4 is 5.32 Å². The van der Waals surface area contributed by atoms with Gasteiger partial charge in [-0.05, 0) is 61.9 Å². The van der Waals surface area contributed by atoms with Crippen molar-refractivity contribution in [2.24, 2.45) is 0 Å². The first-order chi connectivity index (χ1) is 15.9. The van der Waals surface area contributed by atoms with Gasteiger partial charge in [0.1, 0.15) is 5.82 Å². The molecule has 6 nitrogen and oxygen atoms in total. The molecule has 8 heteroatoms. The molecule has 1 N–H and O–H groups in total. The minimum Gasteiger partial charge on any atom is -0.465 e. The summed E-state index contributed by atoms with van der Waals surface area (Å²) in [4.78, 5) is 25.7. The van der Waals surface area contributed by atoms with Gasteiger partial charge in [0.15, 0.2) is 0 Å². The van der Waals surface area contributed by atoms with Crippen LogP contribution in [0.1, 0.15) is 54.1 Å². The largest absolute Gasteiger partial charge is 0.465 e. The van der Waals surface area contributed by atoms with Crippen molar-refractivity contribution in [3.63, 3.8) is 0 Å². The maximum Gasteiger partial charge on any atom is 0.338 e. The third-order valence-electron chi connectivity index (χ3n) is 6.67. The molecule has 170 valence electrons. The topological polar surface area (TPSA) is 73.2 Å². The molecular formula is C25H23ClFN3O3. The Bertz CT molecular complexity index is 1230. The minimum atomic E-state index is -1.00. The Hall–Kier alpha value is -3.19. The van der Waals surface area contributed by atoms with E-state index in [9.17, 15) is 14.0 Å². The second-order valence-electron chi connectivity index (χ2n) is 8.68. The molecular weight excluding hydrogens is 445 g/mol. The summed E-state index contributed by atoms with van der Waals surface area (Å²) in [6.45, 7) is 0. The number of hydrogen-bond acceptors (Lipinski definition) is 4. The fourth-order valence-electron chi connectivity index (χ4n) is 4.40. The number of methoxy groups -OCH3 is 1. The number of halogens is 2. The van der Waals surface area contributed by atoms with Gasteiger partial charge in [0.2, 0.25) is 5.91 Å². The molecule has 0 radical (unpaired) electrons. The van der Waals surface area contributed by atoms with Crippen LogP contribution in [0.15, 0.2) is 48.8 Å². The van der Waals surface area contributed by atoms with E-state index >= 15 is 0 Å². The fourth-order valence-corrected chi connectivity index (χ4v) is 4.75. The van der Waals surface area contributed by atoms with E-state index in [1.54, 1.807) is 30.5 Å². The number of rotatable bonds is 6. The number of esters is 1. The second-order valence-corrected chi connectivity index (χ2v) is 9.09. The van der Waals surface area contributed by atoms with Crippen LogP contribution in [0.5, 0.6) is 0 Å². The SMILES string of the molecule is COC(=O)c1cc(NC(=O)C2(c3c(F)cccc3Cl)CC2)ccc1-c1cnn(C2CCC2)c1. The van der Waals surface area contributed by atoms with E-state index in [4.69, 9.17) is 16.3 Å². The number of carbonyl (C=O) groups excluding carboxylic acids is 2. The van der Waals surface area contributed by atoms with Gasteiger partial charge in [-0.25, -0.2) is 9.18 Å². The van der Waals surface area contributed by atoms with E-state index in [1.165, 1.54) is 25.7 Å². The highest BCUT2D eigenvalue weighted by molar-refractivity contribution is 6.32. The number of nitrogens with zero attached hydrogens (tertiary/aromatic N) is 2. The highest BCUT2D eigenvalue weighted by Gasteiger charge is 2.54. The third kappa shape index (κ3) is 3.80. The van der Waals surface area contributed by atoms with Gasteiger partial charge in [0, 0.05) is 28.0 Å². The Morgan fingerprint density at radius 1 is 1.24 bits per heavy atom. The minimum absolute atomic E-state index is 0.220. The molecule has 0 bridgehead atoms. The van der Waals surface area contributed by atoms with Crippen molar-refractivity contribution in [3.05, 3.63) is 70.8 Å². The highest BCUT2D eigenvalue weighted by atomic mass is 35.5. The molecule has 0 aliphatic heterocycles. The van der Waals surface area contributed by atoms with Gasteiger partial charge in [0.05, 0.1) is 30.3 Å². The van der Waals surface area contributed by atoms with Gasteiger partial charge >= 0.3 is 5.97 Å². The van der Waals surface area contributed by atoms with Crippen LogP contribution in [0, 0.1) is 5.82 Å². The van der Waals surface area contributed by atoms with Crippen LogP contribution in [0.2, 0.25) is 5.02 Å². The summed E-state index contributed by atoms with van der Waals surface area (Å²) >= 11 is 6.22. The highest BCUT2D eigenvalue weighted by Crippen LogP contribution is 2.52. The van der Waals surface area contributed by atoms with Gasteiger partial charge in [0.25, 0.3) is 0 Å². The Morgan fingerprint density at radius 2 is 2.03 bits per heavy atom. The molecule has 33 heavy (non-hydrogen) atoms. The van der Waals surface area contributed by atoms with Crippen molar-refractivity contribution < 1.29 is 18.7 Å². The summed E-state index contributed by atoms with van der Waals surface area (Å²) in [5, 5.41) is 7.53. The van der Waals surface area contributed by atoms with E-state index in [0.717, 1.165) is 18.4 Å². The zero-order valence-corrected chi connectivity index (χ0v) is 18.9. The molecule has 2 aliphatic rings. The Kier molecular flexibility index (Phi) is 5.44.